The Morgan fingerprint density at radius 2 is 1.55 bits per heavy atom. The third kappa shape index (κ3) is 13.3. The Kier molecular flexibility index (Phi) is 12.1. The van der Waals surface area contributed by atoms with Crippen molar-refractivity contribution in [3.63, 3.8) is 0 Å². The number of amides is 2. The van der Waals surface area contributed by atoms with Gasteiger partial charge in [0.25, 0.3) is 0 Å². The molecule has 0 aliphatic carbocycles. The van der Waals surface area contributed by atoms with Gasteiger partial charge in [0.1, 0.15) is 0 Å². The number of hydrogen-bond donors (Lipinski definition) is 2. The zero-order valence-corrected chi connectivity index (χ0v) is 12.9. The van der Waals surface area contributed by atoms with E-state index < -0.39 is 0 Å². The van der Waals surface area contributed by atoms with Gasteiger partial charge in [-0.15, -0.1) is 0 Å². The summed E-state index contributed by atoms with van der Waals surface area (Å²) in [7, 11) is 1.59. The van der Waals surface area contributed by atoms with Crippen LogP contribution in [0, 0.1) is 5.92 Å². The first-order chi connectivity index (χ1) is 9.56. The average Bonchev–Trinajstić information content (AvgIpc) is 2.40. The Labute approximate surface area is 121 Å². The molecule has 0 spiro atoms. The van der Waals surface area contributed by atoms with E-state index in [9.17, 15) is 9.59 Å². The Morgan fingerprint density at radius 1 is 0.950 bits per heavy atom. The van der Waals surface area contributed by atoms with Crippen LogP contribution >= 0.6 is 0 Å². The Balaban J connectivity index is 3.31. The predicted molar refractivity (Wildman–Crippen MR) is 77.4 cm³/mol. The van der Waals surface area contributed by atoms with E-state index in [1.807, 2.05) is 0 Å². The lowest BCUT2D eigenvalue weighted by atomic mass is 10.1. The molecule has 0 saturated carbocycles. The van der Waals surface area contributed by atoms with Gasteiger partial charge < -0.3 is 20.1 Å². The summed E-state index contributed by atoms with van der Waals surface area (Å²) in [6.45, 7) is 6.49. The van der Waals surface area contributed by atoms with Crippen LogP contribution in [-0.4, -0.2) is 51.8 Å². The molecule has 118 valence electrons. The third-order valence-electron chi connectivity index (χ3n) is 2.62. The molecule has 0 aromatic carbocycles. The number of carbonyl (C=O) groups excluding carboxylic acids is 2. The van der Waals surface area contributed by atoms with Crippen molar-refractivity contribution in [1.29, 1.82) is 0 Å². The fourth-order valence-corrected chi connectivity index (χ4v) is 1.42. The first-order valence-electron chi connectivity index (χ1n) is 7.16. The van der Waals surface area contributed by atoms with E-state index in [0.29, 0.717) is 51.7 Å². The number of rotatable bonds is 12. The van der Waals surface area contributed by atoms with Crippen LogP contribution in [0.2, 0.25) is 0 Å². The molecule has 0 bridgehead atoms. The molecule has 20 heavy (non-hydrogen) atoms. The van der Waals surface area contributed by atoms with Crippen LogP contribution < -0.4 is 10.6 Å². The molecule has 0 radical (unpaired) electrons. The fourth-order valence-electron chi connectivity index (χ4n) is 1.42. The molecular formula is C14H28N2O4. The van der Waals surface area contributed by atoms with E-state index >= 15 is 0 Å². The molecule has 0 atom stereocenters. The van der Waals surface area contributed by atoms with Crippen LogP contribution in [0.4, 0.5) is 0 Å². The molecule has 0 unspecified atom stereocenters. The normalized spacial score (nSPS) is 10.6. The Bertz CT molecular complexity index is 270. The van der Waals surface area contributed by atoms with Gasteiger partial charge in [-0.3, -0.25) is 9.59 Å². The fraction of sp³-hybridized carbons (Fsp3) is 0.857. The van der Waals surface area contributed by atoms with Gasteiger partial charge in [0.05, 0.1) is 19.8 Å². The first-order valence-corrected chi connectivity index (χ1v) is 7.16. The van der Waals surface area contributed by atoms with E-state index in [2.05, 4.69) is 24.5 Å². The van der Waals surface area contributed by atoms with Crippen LogP contribution in [0.3, 0.4) is 0 Å². The second kappa shape index (κ2) is 12.9. The van der Waals surface area contributed by atoms with E-state index in [1.54, 1.807) is 7.11 Å². The Morgan fingerprint density at radius 3 is 2.15 bits per heavy atom. The molecule has 0 fully saturated rings. The zero-order chi connectivity index (χ0) is 15.2. The monoisotopic (exact) mass is 288 g/mol. The van der Waals surface area contributed by atoms with Gasteiger partial charge in [0.2, 0.25) is 11.8 Å². The van der Waals surface area contributed by atoms with Crippen LogP contribution in [0.25, 0.3) is 0 Å². The highest BCUT2D eigenvalue weighted by atomic mass is 16.5. The average molecular weight is 288 g/mol. The minimum atomic E-state index is -0.0528. The summed E-state index contributed by atoms with van der Waals surface area (Å²) in [5.41, 5.74) is 0. The highest BCUT2D eigenvalue weighted by Gasteiger charge is 2.03. The molecule has 2 N–H and O–H groups in total. The third-order valence-corrected chi connectivity index (χ3v) is 2.62. The Hall–Kier alpha value is -1.14. The minimum Gasteiger partial charge on any atom is -0.383 e. The zero-order valence-electron chi connectivity index (χ0n) is 12.9. The highest BCUT2D eigenvalue weighted by molar-refractivity contribution is 5.76. The SMILES string of the molecule is COCCNC(=O)CCOCCNC(=O)CCC(C)C. The maximum atomic E-state index is 11.4. The molecule has 0 rings (SSSR count). The molecule has 6 nitrogen and oxygen atoms in total. The van der Waals surface area contributed by atoms with E-state index in [0.717, 1.165) is 6.42 Å². The lowest BCUT2D eigenvalue weighted by Gasteiger charge is -2.08. The van der Waals surface area contributed by atoms with E-state index in [1.165, 1.54) is 0 Å². The van der Waals surface area contributed by atoms with Gasteiger partial charge >= 0.3 is 0 Å². The summed E-state index contributed by atoms with van der Waals surface area (Å²) in [6, 6.07) is 0. The van der Waals surface area contributed by atoms with Crippen molar-refractivity contribution in [3.05, 3.63) is 0 Å². The number of hydrogen-bond acceptors (Lipinski definition) is 4. The number of ether oxygens (including phenoxy) is 2. The maximum absolute atomic E-state index is 11.4. The number of nitrogens with one attached hydrogen (secondary N) is 2. The van der Waals surface area contributed by atoms with Crippen molar-refractivity contribution < 1.29 is 19.1 Å². The number of methoxy groups -OCH3 is 1. The van der Waals surface area contributed by atoms with Crippen molar-refractivity contribution in [2.75, 3.05) is 40.0 Å². The molecule has 0 heterocycles. The van der Waals surface area contributed by atoms with E-state index in [-0.39, 0.29) is 11.8 Å². The van der Waals surface area contributed by atoms with E-state index in [4.69, 9.17) is 9.47 Å². The molecule has 0 saturated heterocycles. The molecular weight excluding hydrogens is 260 g/mol. The molecule has 2 amide bonds. The lowest BCUT2D eigenvalue weighted by Crippen LogP contribution is -2.29. The van der Waals surface area contributed by atoms with Gasteiger partial charge in [0.15, 0.2) is 0 Å². The predicted octanol–water partition coefficient (Wildman–Crippen LogP) is 0.708. The van der Waals surface area contributed by atoms with Gasteiger partial charge in [-0.1, -0.05) is 13.8 Å². The second-order valence-corrected chi connectivity index (χ2v) is 4.99. The molecule has 0 aliphatic rings. The van der Waals surface area contributed by atoms with Gasteiger partial charge in [-0.05, 0) is 12.3 Å². The van der Waals surface area contributed by atoms with Gasteiger partial charge in [-0.2, -0.15) is 0 Å². The minimum absolute atomic E-state index is 0.0528. The summed E-state index contributed by atoms with van der Waals surface area (Å²) >= 11 is 0. The van der Waals surface area contributed by atoms with Crippen LogP contribution in [0.1, 0.15) is 33.1 Å². The quantitative estimate of drug-likeness (QED) is 0.519. The molecule has 6 heteroatoms. The molecule has 0 aromatic heterocycles. The summed E-state index contributed by atoms with van der Waals surface area (Å²) < 4.78 is 10.1. The molecule has 0 aliphatic heterocycles. The van der Waals surface area contributed by atoms with Crippen LogP contribution in [0.15, 0.2) is 0 Å². The number of carbonyl (C=O) groups is 2. The van der Waals surface area contributed by atoms with Crippen LogP contribution in [0.5, 0.6) is 0 Å². The van der Waals surface area contributed by atoms with Crippen molar-refractivity contribution >= 4 is 11.8 Å². The second-order valence-electron chi connectivity index (χ2n) is 4.99. The van der Waals surface area contributed by atoms with Gasteiger partial charge in [-0.25, -0.2) is 0 Å². The summed E-state index contributed by atoms with van der Waals surface area (Å²) in [5.74, 6) is 0.538. The van der Waals surface area contributed by atoms with Crippen molar-refractivity contribution in [2.24, 2.45) is 5.92 Å². The topological polar surface area (TPSA) is 76.7 Å². The van der Waals surface area contributed by atoms with Crippen molar-refractivity contribution in [3.8, 4) is 0 Å². The summed E-state index contributed by atoms with van der Waals surface area (Å²) in [6.07, 6.45) is 1.78. The molecule has 0 aromatic rings. The largest absolute Gasteiger partial charge is 0.383 e. The summed E-state index contributed by atoms with van der Waals surface area (Å²) in [5, 5.41) is 5.49. The van der Waals surface area contributed by atoms with Crippen LogP contribution in [-0.2, 0) is 19.1 Å². The maximum Gasteiger partial charge on any atom is 0.222 e. The smallest absolute Gasteiger partial charge is 0.222 e. The summed E-state index contributed by atoms with van der Waals surface area (Å²) in [4.78, 5) is 22.7. The standard InChI is InChI=1S/C14H28N2O4/c1-12(2)4-5-13(17)16-8-11-20-9-6-14(18)15-7-10-19-3/h12H,4-11H2,1-3H3,(H,15,18)(H,16,17). The first kappa shape index (κ1) is 18.9. The van der Waals surface area contributed by atoms with Crippen molar-refractivity contribution in [2.45, 2.75) is 33.1 Å². The van der Waals surface area contributed by atoms with Gasteiger partial charge in [0, 0.05) is 33.0 Å². The lowest BCUT2D eigenvalue weighted by molar-refractivity contribution is -0.123. The van der Waals surface area contributed by atoms with Crippen molar-refractivity contribution in [1.82, 2.24) is 10.6 Å². The highest BCUT2D eigenvalue weighted by Crippen LogP contribution is 2.02.